The predicted molar refractivity (Wildman–Crippen MR) is 64.8 cm³/mol. The molecule has 1 unspecified atom stereocenters. The molecule has 0 aliphatic heterocycles. The van der Waals surface area contributed by atoms with Crippen molar-refractivity contribution in [3.8, 4) is 0 Å². The summed E-state index contributed by atoms with van der Waals surface area (Å²) in [4.78, 5) is 11.7. The SMILES string of the molecule is CNc1ccc(C(=O)NC(C)COC)cc1. The van der Waals surface area contributed by atoms with E-state index >= 15 is 0 Å². The molecular weight excluding hydrogens is 204 g/mol. The van der Waals surface area contributed by atoms with Crippen molar-refractivity contribution < 1.29 is 9.53 Å². The van der Waals surface area contributed by atoms with Gasteiger partial charge in [-0.15, -0.1) is 0 Å². The van der Waals surface area contributed by atoms with E-state index in [4.69, 9.17) is 4.74 Å². The minimum atomic E-state index is -0.0767. The normalized spacial score (nSPS) is 11.9. The lowest BCUT2D eigenvalue weighted by atomic mass is 10.2. The summed E-state index contributed by atoms with van der Waals surface area (Å²) >= 11 is 0. The van der Waals surface area contributed by atoms with Crippen molar-refractivity contribution in [3.05, 3.63) is 29.8 Å². The maximum atomic E-state index is 11.7. The fourth-order valence-electron chi connectivity index (χ4n) is 1.39. The van der Waals surface area contributed by atoms with Crippen LogP contribution >= 0.6 is 0 Å². The molecule has 4 nitrogen and oxygen atoms in total. The Kier molecular flexibility index (Phi) is 4.79. The highest BCUT2D eigenvalue weighted by Gasteiger charge is 2.08. The van der Waals surface area contributed by atoms with Crippen LogP contribution in [0, 0.1) is 0 Å². The van der Waals surface area contributed by atoms with Gasteiger partial charge >= 0.3 is 0 Å². The largest absolute Gasteiger partial charge is 0.388 e. The summed E-state index contributed by atoms with van der Waals surface area (Å²) in [6.45, 7) is 2.42. The molecule has 1 rings (SSSR count). The van der Waals surface area contributed by atoms with Crippen LogP contribution < -0.4 is 10.6 Å². The molecule has 0 saturated carbocycles. The Morgan fingerprint density at radius 2 is 2.00 bits per heavy atom. The first-order valence-electron chi connectivity index (χ1n) is 5.25. The Balaban J connectivity index is 2.59. The lowest BCUT2D eigenvalue weighted by Gasteiger charge is -2.12. The molecule has 0 bridgehead atoms. The third-order valence-electron chi connectivity index (χ3n) is 2.23. The number of amides is 1. The monoisotopic (exact) mass is 222 g/mol. The summed E-state index contributed by atoms with van der Waals surface area (Å²) in [7, 11) is 3.46. The molecule has 0 spiro atoms. The van der Waals surface area contributed by atoms with Crippen LogP contribution in [0.1, 0.15) is 17.3 Å². The molecular formula is C12H18N2O2. The Morgan fingerprint density at radius 1 is 1.38 bits per heavy atom. The number of rotatable bonds is 5. The van der Waals surface area contributed by atoms with Gasteiger partial charge in [-0.1, -0.05) is 0 Å². The fraction of sp³-hybridized carbons (Fsp3) is 0.417. The summed E-state index contributed by atoms with van der Waals surface area (Å²) in [6.07, 6.45) is 0. The van der Waals surface area contributed by atoms with Gasteiger partial charge in [0.1, 0.15) is 0 Å². The van der Waals surface area contributed by atoms with Gasteiger partial charge < -0.3 is 15.4 Å². The molecule has 0 fully saturated rings. The number of ether oxygens (including phenoxy) is 1. The second kappa shape index (κ2) is 6.12. The maximum absolute atomic E-state index is 11.7. The van der Waals surface area contributed by atoms with E-state index in [-0.39, 0.29) is 11.9 Å². The van der Waals surface area contributed by atoms with Crippen molar-refractivity contribution in [2.45, 2.75) is 13.0 Å². The molecule has 0 aromatic heterocycles. The molecule has 4 heteroatoms. The first kappa shape index (κ1) is 12.5. The standard InChI is InChI=1S/C12H18N2O2/c1-9(8-16-3)14-12(15)10-4-6-11(13-2)7-5-10/h4-7,9,13H,8H2,1-3H3,(H,14,15). The van der Waals surface area contributed by atoms with Crippen molar-refractivity contribution in [1.29, 1.82) is 0 Å². The topological polar surface area (TPSA) is 50.4 Å². The van der Waals surface area contributed by atoms with Crippen LogP contribution in [0.25, 0.3) is 0 Å². The van der Waals surface area contributed by atoms with E-state index in [1.807, 2.05) is 26.1 Å². The zero-order valence-electron chi connectivity index (χ0n) is 9.91. The Bertz CT molecular complexity index is 335. The fourth-order valence-corrected chi connectivity index (χ4v) is 1.39. The highest BCUT2D eigenvalue weighted by atomic mass is 16.5. The van der Waals surface area contributed by atoms with E-state index in [0.717, 1.165) is 5.69 Å². The van der Waals surface area contributed by atoms with Crippen LogP contribution in [0.3, 0.4) is 0 Å². The number of anilines is 1. The summed E-state index contributed by atoms with van der Waals surface area (Å²) in [5.41, 5.74) is 1.64. The van der Waals surface area contributed by atoms with Crippen molar-refractivity contribution >= 4 is 11.6 Å². The van der Waals surface area contributed by atoms with Gasteiger partial charge in [0.25, 0.3) is 5.91 Å². The van der Waals surface area contributed by atoms with Gasteiger partial charge in [-0.25, -0.2) is 0 Å². The van der Waals surface area contributed by atoms with E-state index in [9.17, 15) is 4.79 Å². The zero-order chi connectivity index (χ0) is 12.0. The lowest BCUT2D eigenvalue weighted by molar-refractivity contribution is 0.0905. The van der Waals surface area contributed by atoms with Crippen LogP contribution in [-0.4, -0.2) is 32.7 Å². The molecule has 0 aliphatic rings. The molecule has 1 aromatic carbocycles. The van der Waals surface area contributed by atoms with Gasteiger partial charge in [-0.2, -0.15) is 0 Å². The van der Waals surface area contributed by atoms with E-state index in [0.29, 0.717) is 12.2 Å². The van der Waals surface area contributed by atoms with Crippen molar-refractivity contribution in [1.82, 2.24) is 5.32 Å². The van der Waals surface area contributed by atoms with Crippen LogP contribution in [0.4, 0.5) is 5.69 Å². The summed E-state index contributed by atoms with van der Waals surface area (Å²) < 4.78 is 4.95. The molecule has 1 amide bonds. The molecule has 0 heterocycles. The minimum Gasteiger partial charge on any atom is -0.388 e. The highest BCUT2D eigenvalue weighted by Crippen LogP contribution is 2.08. The average molecular weight is 222 g/mol. The second-order valence-corrected chi connectivity index (χ2v) is 3.66. The number of hydrogen-bond acceptors (Lipinski definition) is 3. The van der Waals surface area contributed by atoms with E-state index in [1.165, 1.54) is 0 Å². The van der Waals surface area contributed by atoms with E-state index in [2.05, 4.69) is 10.6 Å². The van der Waals surface area contributed by atoms with Crippen molar-refractivity contribution in [3.63, 3.8) is 0 Å². The van der Waals surface area contributed by atoms with Gasteiger partial charge in [-0.05, 0) is 31.2 Å². The smallest absolute Gasteiger partial charge is 0.251 e. The molecule has 88 valence electrons. The van der Waals surface area contributed by atoms with Gasteiger partial charge in [-0.3, -0.25) is 4.79 Å². The number of carbonyl (C=O) groups is 1. The molecule has 2 N–H and O–H groups in total. The second-order valence-electron chi connectivity index (χ2n) is 3.66. The number of methoxy groups -OCH3 is 1. The van der Waals surface area contributed by atoms with Gasteiger partial charge in [0.2, 0.25) is 0 Å². The minimum absolute atomic E-state index is 0.0153. The van der Waals surface area contributed by atoms with Gasteiger partial charge in [0, 0.05) is 31.5 Å². The number of hydrogen-bond donors (Lipinski definition) is 2. The van der Waals surface area contributed by atoms with Crippen molar-refractivity contribution in [2.24, 2.45) is 0 Å². The Morgan fingerprint density at radius 3 is 2.50 bits per heavy atom. The average Bonchev–Trinajstić information content (AvgIpc) is 2.29. The molecule has 1 atom stereocenters. The first-order chi connectivity index (χ1) is 7.67. The van der Waals surface area contributed by atoms with Crippen LogP contribution in [0.5, 0.6) is 0 Å². The molecule has 1 aromatic rings. The molecule has 0 radical (unpaired) electrons. The summed E-state index contributed by atoms with van der Waals surface area (Å²) in [5, 5.41) is 5.85. The summed E-state index contributed by atoms with van der Waals surface area (Å²) in [5.74, 6) is -0.0767. The third kappa shape index (κ3) is 3.55. The van der Waals surface area contributed by atoms with E-state index < -0.39 is 0 Å². The molecule has 0 saturated heterocycles. The van der Waals surface area contributed by atoms with Crippen LogP contribution in [0.15, 0.2) is 24.3 Å². The van der Waals surface area contributed by atoms with Crippen LogP contribution in [0.2, 0.25) is 0 Å². The van der Waals surface area contributed by atoms with Crippen LogP contribution in [-0.2, 0) is 4.74 Å². The zero-order valence-corrected chi connectivity index (χ0v) is 9.91. The first-order valence-corrected chi connectivity index (χ1v) is 5.25. The molecule has 16 heavy (non-hydrogen) atoms. The highest BCUT2D eigenvalue weighted by molar-refractivity contribution is 5.94. The summed E-state index contributed by atoms with van der Waals surface area (Å²) in [6, 6.07) is 7.34. The third-order valence-corrected chi connectivity index (χ3v) is 2.23. The predicted octanol–water partition coefficient (Wildman–Crippen LogP) is 1.49. The quantitative estimate of drug-likeness (QED) is 0.793. The maximum Gasteiger partial charge on any atom is 0.251 e. The Labute approximate surface area is 96.0 Å². The van der Waals surface area contributed by atoms with Gasteiger partial charge in [0.15, 0.2) is 0 Å². The van der Waals surface area contributed by atoms with Gasteiger partial charge in [0.05, 0.1) is 6.61 Å². The number of nitrogens with one attached hydrogen (secondary N) is 2. The van der Waals surface area contributed by atoms with Crippen molar-refractivity contribution in [2.75, 3.05) is 26.1 Å². The van der Waals surface area contributed by atoms with E-state index in [1.54, 1.807) is 19.2 Å². The Hall–Kier alpha value is -1.55. The number of benzene rings is 1. The lowest BCUT2D eigenvalue weighted by Crippen LogP contribution is -2.35. The molecule has 0 aliphatic carbocycles. The number of carbonyl (C=O) groups excluding carboxylic acids is 1.